The monoisotopic (exact) mass is 255 g/mol. The van der Waals surface area contributed by atoms with Gasteiger partial charge in [0.05, 0.1) is 5.41 Å². The van der Waals surface area contributed by atoms with Crippen LogP contribution in [-0.2, 0) is 9.59 Å². The zero-order valence-corrected chi connectivity index (χ0v) is 11.9. The van der Waals surface area contributed by atoms with Crippen LogP contribution in [0.4, 0.5) is 0 Å². The molecule has 0 saturated carbocycles. The van der Waals surface area contributed by atoms with Crippen LogP contribution >= 0.6 is 0 Å². The number of hydrogen-bond acceptors (Lipinski definition) is 2. The minimum atomic E-state index is -0.795. The zero-order valence-electron chi connectivity index (χ0n) is 11.9. The van der Waals surface area contributed by atoms with Crippen LogP contribution in [0.15, 0.2) is 0 Å². The van der Waals surface area contributed by atoms with Gasteiger partial charge < -0.3 is 10.0 Å². The molecule has 1 heterocycles. The summed E-state index contributed by atoms with van der Waals surface area (Å²) in [6.07, 6.45) is 1.96. The van der Waals surface area contributed by atoms with Crippen molar-refractivity contribution >= 4 is 11.9 Å². The van der Waals surface area contributed by atoms with Crippen LogP contribution in [0.5, 0.6) is 0 Å². The summed E-state index contributed by atoms with van der Waals surface area (Å²) in [5.74, 6) is 0.125. The molecular formula is C14H25NO3. The predicted molar refractivity (Wildman–Crippen MR) is 70.2 cm³/mol. The molecule has 0 aromatic heterocycles. The highest BCUT2D eigenvalue weighted by Crippen LogP contribution is 2.30. The maximum atomic E-state index is 12.2. The van der Waals surface area contributed by atoms with E-state index in [1.54, 1.807) is 11.8 Å². The van der Waals surface area contributed by atoms with Gasteiger partial charge in [-0.2, -0.15) is 0 Å². The topological polar surface area (TPSA) is 57.6 Å². The Balaban J connectivity index is 2.62. The fraction of sp³-hybridized carbons (Fsp3) is 0.857. The Morgan fingerprint density at radius 1 is 1.33 bits per heavy atom. The molecule has 2 unspecified atom stereocenters. The number of nitrogens with zero attached hydrogens (tertiary/aromatic N) is 1. The first-order chi connectivity index (χ1) is 8.26. The molecule has 4 nitrogen and oxygen atoms in total. The van der Waals surface area contributed by atoms with E-state index in [2.05, 4.69) is 20.8 Å². The molecule has 1 N–H and O–H groups in total. The van der Waals surface area contributed by atoms with Gasteiger partial charge in [-0.15, -0.1) is 0 Å². The molecule has 0 aromatic carbocycles. The zero-order chi connectivity index (χ0) is 13.9. The second kappa shape index (κ2) is 5.72. The lowest BCUT2D eigenvalue weighted by molar-refractivity contribution is -0.153. The minimum absolute atomic E-state index is 0.100. The van der Waals surface area contributed by atoms with E-state index in [4.69, 9.17) is 0 Å². The number of hydrogen-bond donors (Lipinski definition) is 1. The van der Waals surface area contributed by atoms with Gasteiger partial charge in [-0.3, -0.25) is 9.59 Å². The molecular weight excluding hydrogens is 230 g/mol. The summed E-state index contributed by atoms with van der Waals surface area (Å²) in [7, 11) is 0. The second-order valence-electron chi connectivity index (χ2n) is 6.21. The lowest BCUT2D eigenvalue weighted by atomic mass is 9.81. The van der Waals surface area contributed by atoms with Gasteiger partial charge in [0, 0.05) is 19.5 Å². The molecule has 0 spiro atoms. The van der Waals surface area contributed by atoms with E-state index in [1.807, 2.05) is 0 Å². The lowest BCUT2D eigenvalue weighted by Crippen LogP contribution is -2.48. The van der Waals surface area contributed by atoms with Gasteiger partial charge >= 0.3 is 5.97 Å². The molecule has 1 rings (SSSR count). The fourth-order valence-corrected chi connectivity index (χ4v) is 2.27. The van der Waals surface area contributed by atoms with Crippen LogP contribution in [0.2, 0.25) is 0 Å². The minimum Gasteiger partial charge on any atom is -0.481 e. The first kappa shape index (κ1) is 15.0. The molecule has 18 heavy (non-hydrogen) atoms. The summed E-state index contributed by atoms with van der Waals surface area (Å²) in [5, 5.41) is 9.23. The smallest absolute Gasteiger partial charge is 0.311 e. The molecule has 1 amide bonds. The summed E-state index contributed by atoms with van der Waals surface area (Å²) in [4.78, 5) is 25.1. The van der Waals surface area contributed by atoms with E-state index >= 15 is 0 Å². The summed E-state index contributed by atoms with van der Waals surface area (Å²) in [6.45, 7) is 9.08. The summed E-state index contributed by atoms with van der Waals surface area (Å²) < 4.78 is 0. The number of likely N-dealkylation sites (tertiary alicyclic amines) is 1. The molecule has 0 aliphatic carbocycles. The maximum absolute atomic E-state index is 12.2. The van der Waals surface area contributed by atoms with Crippen molar-refractivity contribution in [2.45, 2.75) is 47.0 Å². The molecule has 1 fully saturated rings. The molecule has 1 aliphatic rings. The third-order valence-electron chi connectivity index (χ3n) is 4.20. The van der Waals surface area contributed by atoms with Gasteiger partial charge in [0.15, 0.2) is 0 Å². The van der Waals surface area contributed by atoms with Crippen molar-refractivity contribution in [3.05, 3.63) is 0 Å². The molecule has 0 aromatic rings. The van der Waals surface area contributed by atoms with Crippen LogP contribution in [0.3, 0.4) is 0 Å². The first-order valence-corrected chi connectivity index (χ1v) is 6.77. The Hall–Kier alpha value is -1.06. The van der Waals surface area contributed by atoms with Gasteiger partial charge in [0.2, 0.25) is 5.91 Å². The van der Waals surface area contributed by atoms with Crippen molar-refractivity contribution < 1.29 is 14.7 Å². The van der Waals surface area contributed by atoms with E-state index in [9.17, 15) is 14.7 Å². The molecule has 1 aliphatic heterocycles. The van der Waals surface area contributed by atoms with E-state index in [0.29, 0.717) is 37.8 Å². The summed E-state index contributed by atoms with van der Waals surface area (Å²) in [6, 6.07) is 0. The number of piperidine rings is 1. The standard InChI is InChI=1S/C14H25NO3/c1-10(2)11(3)8-12(16)15-7-5-6-14(4,9-15)13(17)18/h10-11H,5-9H2,1-4H3,(H,17,18). The first-order valence-electron chi connectivity index (χ1n) is 6.77. The van der Waals surface area contributed by atoms with E-state index in [0.717, 1.165) is 6.42 Å². The number of carboxylic acids is 1. The molecule has 1 saturated heterocycles. The number of carboxylic acid groups (broad SMARTS) is 1. The van der Waals surface area contributed by atoms with E-state index in [-0.39, 0.29) is 5.91 Å². The van der Waals surface area contributed by atoms with Crippen LogP contribution < -0.4 is 0 Å². The Bertz CT molecular complexity index is 327. The van der Waals surface area contributed by atoms with Gasteiger partial charge in [0.25, 0.3) is 0 Å². The molecule has 0 bridgehead atoms. The van der Waals surface area contributed by atoms with E-state index < -0.39 is 11.4 Å². The van der Waals surface area contributed by atoms with Crippen LogP contribution in [0, 0.1) is 17.3 Å². The van der Waals surface area contributed by atoms with Crippen molar-refractivity contribution in [2.75, 3.05) is 13.1 Å². The molecule has 2 atom stereocenters. The van der Waals surface area contributed by atoms with Crippen molar-refractivity contribution in [2.24, 2.45) is 17.3 Å². The summed E-state index contributed by atoms with van der Waals surface area (Å²) >= 11 is 0. The Morgan fingerprint density at radius 3 is 2.44 bits per heavy atom. The van der Waals surface area contributed by atoms with Crippen molar-refractivity contribution in [1.29, 1.82) is 0 Å². The maximum Gasteiger partial charge on any atom is 0.311 e. The summed E-state index contributed by atoms with van der Waals surface area (Å²) in [5.41, 5.74) is -0.769. The average molecular weight is 255 g/mol. The van der Waals surface area contributed by atoms with Gasteiger partial charge in [0.1, 0.15) is 0 Å². The SMILES string of the molecule is CC(C)C(C)CC(=O)N1CCCC(C)(C(=O)O)C1. The van der Waals surface area contributed by atoms with Gasteiger partial charge in [-0.25, -0.2) is 0 Å². The number of carbonyl (C=O) groups excluding carboxylic acids is 1. The highest BCUT2D eigenvalue weighted by molar-refractivity contribution is 5.79. The largest absolute Gasteiger partial charge is 0.481 e. The number of rotatable bonds is 4. The Morgan fingerprint density at radius 2 is 1.94 bits per heavy atom. The van der Waals surface area contributed by atoms with Gasteiger partial charge in [-0.05, 0) is 31.6 Å². The van der Waals surface area contributed by atoms with Crippen molar-refractivity contribution in [3.63, 3.8) is 0 Å². The van der Waals surface area contributed by atoms with Crippen LogP contribution in [-0.4, -0.2) is 35.0 Å². The third-order valence-corrected chi connectivity index (χ3v) is 4.20. The van der Waals surface area contributed by atoms with E-state index in [1.165, 1.54) is 0 Å². The number of aliphatic carboxylic acids is 1. The van der Waals surface area contributed by atoms with Crippen molar-refractivity contribution in [3.8, 4) is 0 Å². The quantitative estimate of drug-likeness (QED) is 0.839. The van der Waals surface area contributed by atoms with Crippen LogP contribution in [0.1, 0.15) is 47.0 Å². The fourth-order valence-electron chi connectivity index (χ4n) is 2.27. The Labute approximate surface area is 109 Å². The Kier molecular flexibility index (Phi) is 4.77. The van der Waals surface area contributed by atoms with Crippen LogP contribution in [0.25, 0.3) is 0 Å². The number of carbonyl (C=O) groups is 2. The van der Waals surface area contributed by atoms with Crippen molar-refractivity contribution in [1.82, 2.24) is 4.90 Å². The number of amides is 1. The lowest BCUT2D eigenvalue weighted by Gasteiger charge is -2.38. The third kappa shape index (κ3) is 3.47. The highest BCUT2D eigenvalue weighted by atomic mass is 16.4. The normalized spacial score (nSPS) is 26.2. The van der Waals surface area contributed by atoms with Gasteiger partial charge in [-0.1, -0.05) is 20.8 Å². The predicted octanol–water partition coefficient (Wildman–Crippen LogP) is 2.38. The molecule has 0 radical (unpaired) electrons. The molecule has 4 heteroatoms. The average Bonchev–Trinajstić information content (AvgIpc) is 2.28. The molecule has 104 valence electrons. The second-order valence-corrected chi connectivity index (χ2v) is 6.21. The highest BCUT2D eigenvalue weighted by Gasteiger charge is 2.39.